The molecule has 1 aromatic carbocycles. The molecule has 0 aliphatic carbocycles. The third-order valence-corrected chi connectivity index (χ3v) is 4.13. The number of hydrogen-bond donors (Lipinski definition) is 3. The van der Waals surface area contributed by atoms with Crippen LogP contribution < -0.4 is 5.32 Å². The van der Waals surface area contributed by atoms with Gasteiger partial charge in [0.1, 0.15) is 0 Å². The van der Waals surface area contributed by atoms with Gasteiger partial charge in [0.05, 0.1) is 11.5 Å². The van der Waals surface area contributed by atoms with Gasteiger partial charge in [0.25, 0.3) is 0 Å². The van der Waals surface area contributed by atoms with Crippen LogP contribution in [0.2, 0.25) is 0 Å². The first-order chi connectivity index (χ1) is 10.8. The Morgan fingerprint density at radius 1 is 1.30 bits per heavy atom. The third-order valence-electron chi connectivity index (χ3n) is 4.13. The SMILES string of the molecule is CCN[C@H](Cc1c[nH]c2ccccc12)C(=O)CC(C)(C)C(=O)O. The van der Waals surface area contributed by atoms with Crippen LogP contribution in [0.5, 0.6) is 0 Å². The van der Waals surface area contributed by atoms with E-state index >= 15 is 0 Å². The fraction of sp³-hybridized carbons (Fsp3) is 0.444. The lowest BCUT2D eigenvalue weighted by Gasteiger charge is -2.23. The van der Waals surface area contributed by atoms with Crippen LogP contribution in [0.25, 0.3) is 10.9 Å². The number of carboxylic acids is 1. The van der Waals surface area contributed by atoms with Crippen molar-refractivity contribution in [1.82, 2.24) is 10.3 Å². The predicted octanol–water partition coefficient (Wildman–Crippen LogP) is 2.76. The van der Waals surface area contributed by atoms with Crippen molar-refractivity contribution in [2.24, 2.45) is 5.41 Å². The van der Waals surface area contributed by atoms with Crippen LogP contribution in [0, 0.1) is 5.41 Å². The first-order valence-corrected chi connectivity index (χ1v) is 7.89. The molecule has 0 saturated heterocycles. The average Bonchev–Trinajstić information content (AvgIpc) is 2.89. The molecule has 23 heavy (non-hydrogen) atoms. The second-order valence-electron chi connectivity index (χ2n) is 6.51. The number of H-pyrrole nitrogens is 1. The Balaban J connectivity index is 2.18. The minimum absolute atomic E-state index is 0.0162. The van der Waals surface area contributed by atoms with E-state index in [0.717, 1.165) is 16.5 Å². The second-order valence-corrected chi connectivity index (χ2v) is 6.51. The summed E-state index contributed by atoms with van der Waals surface area (Å²) in [4.78, 5) is 27.0. The number of carboxylic acid groups (broad SMARTS) is 1. The summed E-state index contributed by atoms with van der Waals surface area (Å²) in [6, 6.07) is 7.58. The number of benzene rings is 1. The van der Waals surface area contributed by atoms with Crippen LogP contribution in [0.1, 0.15) is 32.8 Å². The molecular formula is C18H24N2O3. The van der Waals surface area contributed by atoms with E-state index < -0.39 is 11.4 Å². The summed E-state index contributed by atoms with van der Waals surface area (Å²) < 4.78 is 0. The van der Waals surface area contributed by atoms with Crippen molar-refractivity contribution < 1.29 is 14.7 Å². The maximum absolute atomic E-state index is 12.6. The number of rotatable bonds is 8. The number of para-hydroxylation sites is 1. The van der Waals surface area contributed by atoms with Crippen LogP contribution in [0.15, 0.2) is 30.5 Å². The van der Waals surface area contributed by atoms with Gasteiger partial charge in [-0.05, 0) is 38.4 Å². The molecule has 3 N–H and O–H groups in total. The van der Waals surface area contributed by atoms with Gasteiger partial charge < -0.3 is 15.4 Å². The van der Waals surface area contributed by atoms with E-state index in [-0.39, 0.29) is 18.2 Å². The average molecular weight is 316 g/mol. The highest BCUT2D eigenvalue weighted by molar-refractivity contribution is 5.90. The smallest absolute Gasteiger partial charge is 0.309 e. The van der Waals surface area contributed by atoms with Gasteiger partial charge in [0.2, 0.25) is 0 Å². The second kappa shape index (κ2) is 6.96. The van der Waals surface area contributed by atoms with Crippen LogP contribution >= 0.6 is 0 Å². The van der Waals surface area contributed by atoms with E-state index in [1.165, 1.54) is 0 Å². The van der Waals surface area contributed by atoms with Crippen molar-refractivity contribution in [3.63, 3.8) is 0 Å². The minimum atomic E-state index is -1.05. The van der Waals surface area contributed by atoms with Crippen molar-refractivity contribution in [3.8, 4) is 0 Å². The van der Waals surface area contributed by atoms with E-state index in [1.807, 2.05) is 37.4 Å². The Bertz CT molecular complexity index is 703. The summed E-state index contributed by atoms with van der Waals surface area (Å²) in [7, 11) is 0. The van der Waals surface area contributed by atoms with Crippen molar-refractivity contribution in [1.29, 1.82) is 0 Å². The van der Waals surface area contributed by atoms with Crippen LogP contribution in [0.3, 0.4) is 0 Å². The van der Waals surface area contributed by atoms with Gasteiger partial charge in [0, 0.05) is 23.5 Å². The summed E-state index contributed by atoms with van der Waals surface area (Å²) in [5, 5.41) is 13.5. The van der Waals surface area contributed by atoms with Gasteiger partial charge in [-0.25, -0.2) is 0 Å². The van der Waals surface area contributed by atoms with Gasteiger partial charge in [0.15, 0.2) is 5.78 Å². The molecule has 2 aromatic rings. The predicted molar refractivity (Wildman–Crippen MR) is 90.5 cm³/mol. The summed E-state index contributed by atoms with van der Waals surface area (Å²) in [6.07, 6.45) is 2.49. The van der Waals surface area contributed by atoms with E-state index in [0.29, 0.717) is 13.0 Å². The Hall–Kier alpha value is -2.14. The number of carbonyl (C=O) groups excluding carboxylic acids is 1. The molecule has 124 valence electrons. The summed E-state index contributed by atoms with van der Waals surface area (Å²) >= 11 is 0. The lowest BCUT2D eigenvalue weighted by Crippen LogP contribution is -2.41. The summed E-state index contributed by atoms with van der Waals surface area (Å²) in [6.45, 7) is 5.77. The molecule has 0 aliphatic heterocycles. The molecule has 0 radical (unpaired) electrons. The number of nitrogens with one attached hydrogen (secondary N) is 2. The van der Waals surface area contributed by atoms with Gasteiger partial charge in [-0.3, -0.25) is 9.59 Å². The summed E-state index contributed by atoms with van der Waals surface area (Å²) in [5.41, 5.74) is 1.05. The number of aliphatic carboxylic acids is 1. The number of Topliss-reactive ketones (excluding diaryl/α,β-unsaturated/α-hetero) is 1. The Kier molecular flexibility index (Phi) is 5.21. The molecule has 1 heterocycles. The largest absolute Gasteiger partial charge is 0.481 e. The molecule has 5 heteroatoms. The molecule has 0 amide bonds. The highest BCUT2D eigenvalue weighted by atomic mass is 16.4. The first kappa shape index (κ1) is 17.2. The quantitative estimate of drug-likeness (QED) is 0.699. The zero-order chi connectivity index (χ0) is 17.0. The number of fused-ring (bicyclic) bond motifs is 1. The fourth-order valence-corrected chi connectivity index (χ4v) is 2.70. The molecule has 5 nitrogen and oxygen atoms in total. The van der Waals surface area contributed by atoms with Gasteiger partial charge >= 0.3 is 5.97 Å². The van der Waals surface area contributed by atoms with Crippen LogP contribution in [-0.4, -0.2) is 34.4 Å². The molecule has 2 rings (SSSR count). The number of ketones is 1. The summed E-state index contributed by atoms with van der Waals surface area (Å²) in [5.74, 6) is -1.02. The van der Waals surface area contributed by atoms with Gasteiger partial charge in [-0.1, -0.05) is 25.1 Å². The lowest BCUT2D eigenvalue weighted by atomic mass is 9.84. The molecule has 0 spiro atoms. The molecule has 0 bridgehead atoms. The molecule has 0 unspecified atom stereocenters. The van der Waals surface area contributed by atoms with E-state index in [9.17, 15) is 14.7 Å². The number of hydrogen-bond acceptors (Lipinski definition) is 3. The van der Waals surface area contributed by atoms with Crippen molar-refractivity contribution >= 4 is 22.7 Å². The monoisotopic (exact) mass is 316 g/mol. The standard InChI is InChI=1S/C18H24N2O3/c1-4-19-15(16(21)10-18(2,3)17(22)23)9-12-11-20-14-8-6-5-7-13(12)14/h5-8,11,15,19-20H,4,9-10H2,1-3H3,(H,22,23)/t15-/m1/s1. The van der Waals surface area contributed by atoms with E-state index in [1.54, 1.807) is 13.8 Å². The van der Waals surface area contributed by atoms with Gasteiger partial charge in [-0.15, -0.1) is 0 Å². The zero-order valence-corrected chi connectivity index (χ0v) is 13.8. The number of aromatic amines is 1. The normalized spacial score (nSPS) is 13.2. The van der Waals surface area contributed by atoms with Crippen LogP contribution in [-0.2, 0) is 16.0 Å². The molecule has 0 saturated carbocycles. The van der Waals surface area contributed by atoms with Crippen molar-refractivity contribution in [2.45, 2.75) is 39.7 Å². The highest BCUT2D eigenvalue weighted by Gasteiger charge is 2.33. The van der Waals surface area contributed by atoms with Gasteiger partial charge in [-0.2, -0.15) is 0 Å². The minimum Gasteiger partial charge on any atom is -0.481 e. The fourth-order valence-electron chi connectivity index (χ4n) is 2.70. The van der Waals surface area contributed by atoms with Crippen molar-refractivity contribution in [2.75, 3.05) is 6.54 Å². The van der Waals surface area contributed by atoms with E-state index in [4.69, 9.17) is 0 Å². The third kappa shape index (κ3) is 3.99. The Morgan fingerprint density at radius 2 is 2.00 bits per heavy atom. The molecule has 0 fully saturated rings. The number of likely N-dealkylation sites (N-methyl/N-ethyl adjacent to an activating group) is 1. The topological polar surface area (TPSA) is 82.2 Å². The highest BCUT2D eigenvalue weighted by Crippen LogP contribution is 2.24. The molecule has 0 aliphatic rings. The number of carbonyl (C=O) groups is 2. The number of aromatic nitrogens is 1. The molecular weight excluding hydrogens is 292 g/mol. The van der Waals surface area contributed by atoms with Crippen molar-refractivity contribution in [3.05, 3.63) is 36.0 Å². The first-order valence-electron chi connectivity index (χ1n) is 7.89. The van der Waals surface area contributed by atoms with Crippen LogP contribution in [0.4, 0.5) is 0 Å². The van der Waals surface area contributed by atoms with E-state index in [2.05, 4.69) is 10.3 Å². The molecule has 1 atom stereocenters. The Labute approximate surface area is 136 Å². The maximum Gasteiger partial charge on any atom is 0.309 e. The lowest BCUT2D eigenvalue weighted by molar-refractivity contribution is -0.149. The maximum atomic E-state index is 12.6. The Morgan fingerprint density at radius 3 is 2.65 bits per heavy atom. The molecule has 1 aromatic heterocycles. The zero-order valence-electron chi connectivity index (χ0n) is 13.8.